The van der Waals surface area contributed by atoms with Gasteiger partial charge in [0, 0.05) is 44.3 Å². The molecule has 10 heteroatoms. The quantitative estimate of drug-likeness (QED) is 0.300. The van der Waals surface area contributed by atoms with Crippen molar-refractivity contribution in [3.8, 4) is 0 Å². The van der Waals surface area contributed by atoms with Gasteiger partial charge in [-0.15, -0.1) is 0 Å². The molecule has 0 radical (unpaired) electrons. The third-order valence-corrected chi connectivity index (χ3v) is 12.5. The van der Waals surface area contributed by atoms with Crippen LogP contribution in [0.4, 0.5) is 0 Å². The summed E-state index contributed by atoms with van der Waals surface area (Å²) in [6.07, 6.45) is 7.68. The van der Waals surface area contributed by atoms with E-state index in [9.17, 15) is 14.4 Å². The summed E-state index contributed by atoms with van der Waals surface area (Å²) in [5.74, 6) is -2.20. The largest absolute Gasteiger partial charge is 0.368 e. The van der Waals surface area contributed by atoms with Crippen LogP contribution in [0.2, 0.25) is 0 Å². The highest BCUT2D eigenvalue weighted by molar-refractivity contribution is 5.97. The number of likely N-dealkylation sites (tertiary alicyclic amines) is 3. The van der Waals surface area contributed by atoms with Crippen molar-refractivity contribution in [3.05, 3.63) is 108 Å². The van der Waals surface area contributed by atoms with Gasteiger partial charge in [0.15, 0.2) is 0 Å². The zero-order valence-corrected chi connectivity index (χ0v) is 31.2. The predicted molar refractivity (Wildman–Crippen MR) is 206 cm³/mol. The fourth-order valence-electron chi connectivity index (χ4n) is 9.99. The second kappa shape index (κ2) is 16.6. The van der Waals surface area contributed by atoms with Gasteiger partial charge in [-0.05, 0) is 48.3 Å². The molecule has 3 heterocycles. The third kappa shape index (κ3) is 7.66. The molecule has 54 heavy (non-hydrogen) atoms. The maximum atomic E-state index is 15.4. The summed E-state index contributed by atoms with van der Waals surface area (Å²) in [7, 11) is 0. The minimum Gasteiger partial charge on any atom is -0.368 e. The first-order valence-corrected chi connectivity index (χ1v) is 19.9. The monoisotopic (exact) mass is 731 g/mol. The first kappa shape index (κ1) is 37.3. The molecular weight excluding hydrogens is 679 g/mol. The molecule has 0 bridgehead atoms. The number of benzene rings is 3. The number of nitrogens with one attached hydrogen (secondary N) is 1. The second-order valence-electron chi connectivity index (χ2n) is 15.7. The van der Waals surface area contributed by atoms with Gasteiger partial charge in [0.1, 0.15) is 24.2 Å². The maximum Gasteiger partial charge on any atom is 0.246 e. The molecule has 10 nitrogen and oxygen atoms in total. The Morgan fingerprint density at radius 1 is 0.593 bits per heavy atom. The first-order valence-electron chi connectivity index (χ1n) is 19.9. The van der Waals surface area contributed by atoms with Crippen molar-refractivity contribution in [2.75, 3.05) is 19.6 Å². The number of hydrogen-bond donors (Lipinski definition) is 2. The average Bonchev–Trinajstić information content (AvgIpc) is 3.96. The van der Waals surface area contributed by atoms with Gasteiger partial charge in [0.25, 0.3) is 0 Å². The van der Waals surface area contributed by atoms with E-state index in [1.165, 1.54) is 13.3 Å². The molecule has 3 unspecified atom stereocenters. The molecule has 7 atom stereocenters. The third-order valence-electron chi connectivity index (χ3n) is 12.5. The molecule has 5 amide bonds. The standard InChI is InChI=1S/C44H53N5O5/c1-29(50)46-37(28-30-14-6-2-7-15-30)42(52)48-26-23-35(32-18-10-4-11-19-32)39(48)44(54)49-27-24-36(33-20-12-5-13-21-33)40(49)43(53)47-25-22-34(38(47)41(45)51)31-16-8-3-9-17-31/h3-5,8-13,16-21,30,34-40H,2,6-7,14-15,22-28H2,1H3,(H2,45,51)(H,46,50)/t34?,35?,36?,37-,38-,39-,40-/m0/s1. The van der Waals surface area contributed by atoms with Crippen molar-refractivity contribution in [2.24, 2.45) is 11.7 Å². The van der Waals surface area contributed by atoms with E-state index in [0.717, 1.165) is 42.4 Å². The van der Waals surface area contributed by atoms with Crippen LogP contribution in [0.1, 0.15) is 99.2 Å². The molecule has 3 saturated heterocycles. The Balaban J connectivity index is 1.24. The van der Waals surface area contributed by atoms with Crippen molar-refractivity contribution in [2.45, 2.75) is 107 Å². The molecule has 3 aromatic rings. The Morgan fingerprint density at radius 2 is 1.00 bits per heavy atom. The van der Waals surface area contributed by atoms with Crippen LogP contribution in [0, 0.1) is 5.92 Å². The number of hydrogen-bond acceptors (Lipinski definition) is 5. The smallest absolute Gasteiger partial charge is 0.246 e. The maximum absolute atomic E-state index is 15.4. The van der Waals surface area contributed by atoms with Gasteiger partial charge in [0.2, 0.25) is 29.5 Å². The second-order valence-corrected chi connectivity index (χ2v) is 15.7. The molecular formula is C44H53N5O5. The normalized spacial score (nSPS) is 26.4. The summed E-state index contributed by atoms with van der Waals surface area (Å²) in [6, 6.07) is 25.9. The molecule has 4 fully saturated rings. The zero-order valence-electron chi connectivity index (χ0n) is 31.2. The highest BCUT2D eigenvalue weighted by atomic mass is 16.2. The van der Waals surface area contributed by atoms with Gasteiger partial charge in [0.05, 0.1) is 0 Å². The number of amides is 5. The zero-order chi connectivity index (χ0) is 37.8. The molecule has 4 aliphatic rings. The van der Waals surface area contributed by atoms with Crippen molar-refractivity contribution < 1.29 is 24.0 Å². The lowest BCUT2D eigenvalue weighted by Crippen LogP contribution is -2.59. The topological polar surface area (TPSA) is 133 Å². The summed E-state index contributed by atoms with van der Waals surface area (Å²) in [5, 5.41) is 2.95. The van der Waals surface area contributed by atoms with Crippen molar-refractivity contribution >= 4 is 29.5 Å². The lowest BCUT2D eigenvalue weighted by Gasteiger charge is -2.38. The summed E-state index contributed by atoms with van der Waals surface area (Å²) >= 11 is 0. The van der Waals surface area contributed by atoms with E-state index in [2.05, 4.69) is 5.32 Å². The Bertz CT molecular complexity index is 1800. The van der Waals surface area contributed by atoms with Gasteiger partial charge in [-0.2, -0.15) is 0 Å². The lowest BCUT2D eigenvalue weighted by atomic mass is 9.84. The highest BCUT2D eigenvalue weighted by Gasteiger charge is 2.53. The van der Waals surface area contributed by atoms with Gasteiger partial charge in [-0.1, -0.05) is 123 Å². The highest BCUT2D eigenvalue weighted by Crippen LogP contribution is 2.42. The Kier molecular flexibility index (Phi) is 11.5. The van der Waals surface area contributed by atoms with Gasteiger partial charge >= 0.3 is 0 Å². The molecule has 3 aliphatic heterocycles. The van der Waals surface area contributed by atoms with Crippen LogP contribution in [0.5, 0.6) is 0 Å². The van der Waals surface area contributed by atoms with Crippen molar-refractivity contribution in [1.82, 2.24) is 20.0 Å². The van der Waals surface area contributed by atoms with Crippen LogP contribution in [0.15, 0.2) is 91.0 Å². The molecule has 7 rings (SSSR count). The molecule has 3 aromatic carbocycles. The van der Waals surface area contributed by atoms with Crippen LogP contribution in [0.25, 0.3) is 0 Å². The number of primary amides is 1. The van der Waals surface area contributed by atoms with Crippen LogP contribution in [0.3, 0.4) is 0 Å². The van der Waals surface area contributed by atoms with Gasteiger partial charge in [-0.3, -0.25) is 24.0 Å². The number of nitrogens with zero attached hydrogens (tertiary/aromatic N) is 3. The van der Waals surface area contributed by atoms with Gasteiger partial charge < -0.3 is 25.8 Å². The van der Waals surface area contributed by atoms with E-state index < -0.39 is 30.1 Å². The van der Waals surface area contributed by atoms with Crippen LogP contribution < -0.4 is 11.1 Å². The number of rotatable bonds is 10. The summed E-state index contributed by atoms with van der Waals surface area (Å²) in [4.78, 5) is 75.8. The Morgan fingerprint density at radius 3 is 1.44 bits per heavy atom. The molecule has 3 N–H and O–H groups in total. The van der Waals surface area contributed by atoms with Gasteiger partial charge in [-0.25, -0.2) is 0 Å². The van der Waals surface area contributed by atoms with Crippen molar-refractivity contribution in [1.29, 1.82) is 0 Å². The SMILES string of the molecule is CC(=O)N[C@@H](CC1CCCCC1)C(=O)N1CCC(c2ccccc2)[C@H]1C(=O)N1CCC(c2ccccc2)[C@H]1C(=O)N1CCC(c2ccccc2)[C@H]1C(N)=O. The Labute approximate surface area is 318 Å². The van der Waals surface area contributed by atoms with Crippen LogP contribution in [-0.2, 0) is 24.0 Å². The van der Waals surface area contributed by atoms with Crippen molar-refractivity contribution in [3.63, 3.8) is 0 Å². The molecule has 1 aliphatic carbocycles. The minimum atomic E-state index is -0.890. The lowest BCUT2D eigenvalue weighted by molar-refractivity contribution is -0.151. The summed E-state index contributed by atoms with van der Waals surface area (Å²) in [6.45, 7) is 2.46. The average molecular weight is 732 g/mol. The molecule has 284 valence electrons. The Hall–Kier alpha value is -4.99. The van der Waals surface area contributed by atoms with E-state index in [4.69, 9.17) is 5.73 Å². The van der Waals surface area contributed by atoms with E-state index in [-0.39, 0.29) is 41.4 Å². The minimum absolute atomic E-state index is 0.242. The molecule has 0 spiro atoms. The van der Waals surface area contributed by atoms with Crippen LogP contribution >= 0.6 is 0 Å². The molecule has 1 saturated carbocycles. The first-order chi connectivity index (χ1) is 26.2. The number of carbonyl (C=O) groups excluding carboxylic acids is 5. The van der Waals surface area contributed by atoms with E-state index in [1.807, 2.05) is 91.0 Å². The van der Waals surface area contributed by atoms with E-state index in [0.29, 0.717) is 51.2 Å². The fourth-order valence-corrected chi connectivity index (χ4v) is 9.99. The van der Waals surface area contributed by atoms with Crippen LogP contribution in [-0.4, -0.2) is 88.0 Å². The summed E-state index contributed by atoms with van der Waals surface area (Å²) in [5.41, 5.74) is 8.91. The van der Waals surface area contributed by atoms with E-state index >= 15 is 9.59 Å². The summed E-state index contributed by atoms with van der Waals surface area (Å²) < 4.78 is 0. The number of nitrogens with two attached hydrogens (primary N) is 1. The molecule has 0 aromatic heterocycles. The predicted octanol–water partition coefficient (Wildman–Crippen LogP) is 5.10. The number of carbonyl (C=O) groups is 5. The van der Waals surface area contributed by atoms with E-state index in [1.54, 1.807) is 14.7 Å². The fraction of sp³-hybridized carbons (Fsp3) is 0.477.